The number of nitrogens with one attached hydrogen (secondary N) is 1. The Bertz CT molecular complexity index is 368. The maximum Gasteiger partial charge on any atom is 0.251 e. The number of halogens is 1. The molecule has 15 heavy (non-hydrogen) atoms. The summed E-state index contributed by atoms with van der Waals surface area (Å²) in [5, 5.41) is 20.8. The lowest BCUT2D eigenvalue weighted by Gasteiger charge is -2.10. The molecule has 1 aromatic rings. The van der Waals surface area contributed by atoms with Gasteiger partial charge < -0.3 is 15.5 Å². The second-order valence-electron chi connectivity index (χ2n) is 3.22. The van der Waals surface area contributed by atoms with E-state index in [9.17, 15) is 9.90 Å². The molecule has 82 valence electrons. The summed E-state index contributed by atoms with van der Waals surface area (Å²) >= 11 is 1.98. The molecule has 0 aliphatic rings. The van der Waals surface area contributed by atoms with Crippen molar-refractivity contribution in [2.45, 2.75) is 13.0 Å². The molecule has 0 aromatic heterocycles. The van der Waals surface area contributed by atoms with Gasteiger partial charge in [-0.1, -0.05) is 0 Å². The van der Waals surface area contributed by atoms with E-state index in [1.54, 1.807) is 19.1 Å². The van der Waals surface area contributed by atoms with E-state index in [0.717, 1.165) is 0 Å². The van der Waals surface area contributed by atoms with Gasteiger partial charge in [-0.2, -0.15) is 0 Å². The number of phenols is 1. The van der Waals surface area contributed by atoms with Gasteiger partial charge in [0, 0.05) is 11.6 Å². The van der Waals surface area contributed by atoms with Crippen molar-refractivity contribution in [3.8, 4) is 5.75 Å². The Morgan fingerprint density at radius 1 is 1.60 bits per heavy atom. The zero-order chi connectivity index (χ0) is 11.4. The fourth-order valence-electron chi connectivity index (χ4n) is 1.01. The first-order chi connectivity index (χ1) is 7.04. The third-order valence-corrected chi connectivity index (χ3v) is 2.77. The van der Waals surface area contributed by atoms with Crippen molar-refractivity contribution in [1.29, 1.82) is 0 Å². The minimum atomic E-state index is -0.303. The quantitative estimate of drug-likeness (QED) is 0.731. The van der Waals surface area contributed by atoms with Gasteiger partial charge in [-0.25, -0.2) is 0 Å². The largest absolute Gasteiger partial charge is 0.507 e. The Morgan fingerprint density at radius 2 is 2.27 bits per heavy atom. The van der Waals surface area contributed by atoms with Gasteiger partial charge in [0.1, 0.15) is 5.75 Å². The second-order valence-corrected chi connectivity index (χ2v) is 4.39. The number of amides is 1. The third-order valence-electron chi connectivity index (χ3n) is 1.86. The summed E-state index contributed by atoms with van der Waals surface area (Å²) in [7, 11) is 0. The molecule has 0 saturated heterocycles. The van der Waals surface area contributed by atoms with Crippen LogP contribution >= 0.6 is 22.6 Å². The van der Waals surface area contributed by atoms with Crippen LogP contribution in [0.5, 0.6) is 5.75 Å². The molecule has 1 atom stereocenters. The van der Waals surface area contributed by atoms with E-state index in [1.807, 2.05) is 22.6 Å². The van der Waals surface area contributed by atoms with Crippen LogP contribution in [-0.4, -0.2) is 28.8 Å². The number of aliphatic hydroxyl groups is 1. The number of hydrogen-bond donors (Lipinski definition) is 3. The topological polar surface area (TPSA) is 69.6 Å². The Hall–Kier alpha value is -0.820. The molecule has 1 rings (SSSR count). The van der Waals surface area contributed by atoms with Crippen LogP contribution in [0.1, 0.15) is 17.3 Å². The molecule has 1 amide bonds. The van der Waals surface area contributed by atoms with Crippen LogP contribution in [-0.2, 0) is 0 Å². The van der Waals surface area contributed by atoms with Crippen molar-refractivity contribution >= 4 is 28.5 Å². The van der Waals surface area contributed by atoms with Crippen molar-refractivity contribution in [2.75, 3.05) is 6.61 Å². The van der Waals surface area contributed by atoms with Crippen LogP contribution in [0.2, 0.25) is 0 Å². The van der Waals surface area contributed by atoms with Gasteiger partial charge in [0.15, 0.2) is 0 Å². The van der Waals surface area contributed by atoms with Crippen LogP contribution in [0.4, 0.5) is 0 Å². The monoisotopic (exact) mass is 321 g/mol. The first-order valence-electron chi connectivity index (χ1n) is 4.45. The van der Waals surface area contributed by atoms with Gasteiger partial charge in [0.25, 0.3) is 5.91 Å². The first-order valence-corrected chi connectivity index (χ1v) is 5.52. The van der Waals surface area contributed by atoms with Crippen LogP contribution in [0.15, 0.2) is 18.2 Å². The minimum absolute atomic E-state index is 0.0832. The number of hydrogen-bond acceptors (Lipinski definition) is 3. The zero-order valence-corrected chi connectivity index (χ0v) is 10.4. The molecule has 0 unspecified atom stereocenters. The molecule has 0 saturated carbocycles. The van der Waals surface area contributed by atoms with Crippen LogP contribution in [0.3, 0.4) is 0 Å². The molecule has 1 aromatic carbocycles. The zero-order valence-electron chi connectivity index (χ0n) is 8.20. The summed E-state index contributed by atoms with van der Waals surface area (Å²) in [6.07, 6.45) is 0. The normalized spacial score (nSPS) is 12.2. The number of aromatic hydroxyl groups is 1. The predicted octanol–water partition coefficient (Wildman–Crippen LogP) is 1.11. The van der Waals surface area contributed by atoms with E-state index in [0.29, 0.717) is 9.13 Å². The number of rotatable bonds is 3. The van der Waals surface area contributed by atoms with Crippen molar-refractivity contribution in [1.82, 2.24) is 5.32 Å². The number of carbonyl (C=O) groups is 1. The third kappa shape index (κ3) is 3.35. The highest BCUT2D eigenvalue weighted by molar-refractivity contribution is 14.1. The van der Waals surface area contributed by atoms with Gasteiger partial charge in [0.05, 0.1) is 10.2 Å². The molecule has 0 aliphatic heterocycles. The van der Waals surface area contributed by atoms with E-state index < -0.39 is 0 Å². The van der Waals surface area contributed by atoms with Gasteiger partial charge in [-0.15, -0.1) is 0 Å². The highest BCUT2D eigenvalue weighted by atomic mass is 127. The first kappa shape index (κ1) is 12.3. The van der Waals surface area contributed by atoms with Gasteiger partial charge in [0.2, 0.25) is 0 Å². The lowest BCUT2D eigenvalue weighted by molar-refractivity contribution is 0.0922. The van der Waals surface area contributed by atoms with E-state index in [4.69, 9.17) is 5.11 Å². The fraction of sp³-hybridized carbons (Fsp3) is 0.300. The van der Waals surface area contributed by atoms with Crippen LogP contribution in [0.25, 0.3) is 0 Å². The fourth-order valence-corrected chi connectivity index (χ4v) is 1.34. The molecule has 5 heteroatoms. The van der Waals surface area contributed by atoms with Gasteiger partial charge >= 0.3 is 0 Å². The molecule has 0 aliphatic carbocycles. The molecule has 0 spiro atoms. The van der Waals surface area contributed by atoms with Crippen LogP contribution in [0, 0.1) is 3.57 Å². The average molecular weight is 321 g/mol. The smallest absolute Gasteiger partial charge is 0.251 e. The summed E-state index contributed by atoms with van der Waals surface area (Å²) in [4.78, 5) is 11.5. The molecular weight excluding hydrogens is 309 g/mol. The summed E-state index contributed by atoms with van der Waals surface area (Å²) in [6.45, 7) is 1.59. The highest BCUT2D eigenvalue weighted by Gasteiger charge is 2.10. The standard InChI is InChI=1S/C10H12INO3/c1-6(5-13)12-10(15)7-2-3-8(11)9(14)4-7/h2-4,6,13-14H,5H2,1H3,(H,12,15)/t6-/m1/s1. The molecule has 0 heterocycles. The molecule has 0 bridgehead atoms. The van der Waals surface area contributed by atoms with Crippen molar-refractivity contribution in [3.63, 3.8) is 0 Å². The predicted molar refractivity (Wildman–Crippen MR) is 64.8 cm³/mol. The number of phenolic OH excluding ortho intramolecular Hbond substituents is 1. The average Bonchev–Trinajstić information content (AvgIpc) is 2.21. The molecule has 0 fully saturated rings. The van der Waals surface area contributed by atoms with Crippen molar-refractivity contribution in [2.24, 2.45) is 0 Å². The number of aliphatic hydroxyl groups excluding tert-OH is 1. The molecule has 4 nitrogen and oxygen atoms in total. The van der Waals surface area contributed by atoms with Gasteiger partial charge in [-0.3, -0.25) is 4.79 Å². The van der Waals surface area contributed by atoms with Gasteiger partial charge in [-0.05, 0) is 47.7 Å². The second kappa shape index (κ2) is 5.32. The molecule has 3 N–H and O–H groups in total. The Morgan fingerprint density at radius 3 is 2.80 bits per heavy atom. The van der Waals surface area contributed by atoms with E-state index in [1.165, 1.54) is 6.07 Å². The summed E-state index contributed by atoms with van der Waals surface area (Å²) in [6, 6.07) is 4.40. The Kier molecular flexibility index (Phi) is 4.34. The molecular formula is C10H12INO3. The SMILES string of the molecule is C[C@H](CO)NC(=O)c1ccc(I)c(O)c1. The van der Waals surface area contributed by atoms with E-state index in [2.05, 4.69) is 5.32 Å². The minimum Gasteiger partial charge on any atom is -0.507 e. The molecule has 0 radical (unpaired) electrons. The number of benzene rings is 1. The number of carbonyl (C=O) groups excluding carboxylic acids is 1. The lowest BCUT2D eigenvalue weighted by Crippen LogP contribution is -2.34. The Labute approximate surface area is 101 Å². The van der Waals surface area contributed by atoms with Crippen molar-refractivity contribution < 1.29 is 15.0 Å². The lowest BCUT2D eigenvalue weighted by atomic mass is 10.2. The maximum atomic E-state index is 11.5. The summed E-state index contributed by atoms with van der Waals surface area (Å²) in [5.74, 6) is -0.219. The summed E-state index contributed by atoms with van der Waals surface area (Å²) in [5.41, 5.74) is 0.383. The highest BCUT2D eigenvalue weighted by Crippen LogP contribution is 2.20. The van der Waals surface area contributed by atoms with Crippen molar-refractivity contribution in [3.05, 3.63) is 27.3 Å². The summed E-state index contributed by atoms with van der Waals surface area (Å²) < 4.78 is 0.694. The maximum absolute atomic E-state index is 11.5. The van der Waals surface area contributed by atoms with E-state index >= 15 is 0 Å². The Balaban J connectivity index is 2.78. The van der Waals surface area contributed by atoms with E-state index in [-0.39, 0.29) is 24.3 Å². The van der Waals surface area contributed by atoms with Crippen LogP contribution < -0.4 is 5.32 Å².